The first kappa shape index (κ1) is 30.5. The van der Waals surface area contributed by atoms with Crippen LogP contribution in [0.15, 0.2) is 141 Å². The van der Waals surface area contributed by atoms with Gasteiger partial charge in [0.1, 0.15) is 0 Å². The number of aromatic amines is 1. The minimum absolute atomic E-state index is 0.456. The summed E-state index contributed by atoms with van der Waals surface area (Å²) in [5.41, 5.74) is 7.50. The van der Waals surface area contributed by atoms with Gasteiger partial charge in [-0.05, 0) is 72.7 Å². The molecule has 1 unspecified atom stereocenters. The number of rotatable bonds is 11. The zero-order valence-electron chi connectivity index (χ0n) is 23.0. The zero-order chi connectivity index (χ0) is 27.6. The average molecular weight is 523 g/mol. The zero-order valence-corrected chi connectivity index (χ0v) is 23.8. The lowest BCUT2D eigenvalue weighted by Crippen LogP contribution is -2.12. The Balaban J connectivity index is 0.000000559. The summed E-state index contributed by atoms with van der Waals surface area (Å²) in [6, 6.07) is 30.3. The Morgan fingerprint density at radius 1 is 0.868 bits per heavy atom. The van der Waals surface area contributed by atoms with E-state index in [9.17, 15) is 0 Å². The molecule has 4 aromatic rings. The summed E-state index contributed by atoms with van der Waals surface area (Å²) in [7, 11) is 0. The molecule has 0 amide bonds. The lowest BCUT2D eigenvalue weighted by Gasteiger charge is -2.18. The van der Waals surface area contributed by atoms with Gasteiger partial charge in [-0.25, -0.2) is 0 Å². The lowest BCUT2D eigenvalue weighted by molar-refractivity contribution is 0.779. The fourth-order valence-corrected chi connectivity index (χ4v) is 4.93. The molecule has 3 aromatic carbocycles. The Hall–Kier alpha value is -3.69. The number of H-pyrrole nitrogens is 1. The van der Waals surface area contributed by atoms with Gasteiger partial charge in [-0.2, -0.15) is 11.8 Å². The van der Waals surface area contributed by atoms with Gasteiger partial charge in [-0.1, -0.05) is 104 Å². The monoisotopic (exact) mass is 522 g/mol. The summed E-state index contributed by atoms with van der Waals surface area (Å²) < 4.78 is 0. The van der Waals surface area contributed by atoms with Gasteiger partial charge in [0.05, 0.1) is 0 Å². The summed E-state index contributed by atoms with van der Waals surface area (Å²) in [5, 5.41) is 5.21. The fraction of sp³-hybridized carbons (Fsp3) is 0.200. The molecule has 4 rings (SSSR count). The van der Waals surface area contributed by atoms with E-state index < -0.39 is 0 Å². The highest BCUT2D eigenvalue weighted by Gasteiger charge is 2.13. The number of benzene rings is 3. The van der Waals surface area contributed by atoms with E-state index in [-0.39, 0.29) is 0 Å². The van der Waals surface area contributed by atoms with Crippen molar-refractivity contribution in [2.45, 2.75) is 38.5 Å². The fourth-order valence-electron chi connectivity index (χ4n) is 3.62. The molecule has 0 radical (unpaired) electrons. The third-order valence-corrected chi connectivity index (χ3v) is 6.77. The Morgan fingerprint density at radius 3 is 2.13 bits per heavy atom. The summed E-state index contributed by atoms with van der Waals surface area (Å²) >= 11 is 2.02. The second-order valence-electron chi connectivity index (χ2n) is 9.24. The van der Waals surface area contributed by atoms with Crippen LogP contribution in [0.25, 0.3) is 10.9 Å². The number of nitrogens with one attached hydrogen (secondary N) is 2. The summed E-state index contributed by atoms with van der Waals surface area (Å²) in [5.74, 6) is 1.05. The molecule has 0 aliphatic carbocycles. The molecule has 1 atom stereocenters. The second-order valence-corrected chi connectivity index (χ2v) is 10.6. The maximum atomic E-state index is 4.25. The lowest BCUT2D eigenvalue weighted by atomic mass is 10.0. The van der Waals surface area contributed by atoms with Crippen LogP contribution in [0.3, 0.4) is 0 Å². The molecule has 1 aromatic heterocycles. The van der Waals surface area contributed by atoms with Crippen molar-refractivity contribution in [3.05, 3.63) is 158 Å². The first-order valence-electron chi connectivity index (χ1n) is 13.0. The van der Waals surface area contributed by atoms with Gasteiger partial charge in [0, 0.05) is 29.2 Å². The van der Waals surface area contributed by atoms with Crippen LogP contribution >= 0.6 is 11.8 Å². The average Bonchev–Trinajstić information content (AvgIpc) is 3.40. The normalized spacial score (nSPS) is 10.7. The van der Waals surface area contributed by atoms with Crippen molar-refractivity contribution in [3.63, 3.8) is 0 Å². The van der Waals surface area contributed by atoms with E-state index in [0.29, 0.717) is 5.25 Å². The first-order chi connectivity index (χ1) is 18.4. The molecule has 198 valence electrons. The molecule has 3 heteroatoms. The largest absolute Gasteiger partial charge is 0.385 e. The van der Waals surface area contributed by atoms with E-state index in [1.807, 2.05) is 31.8 Å². The molecule has 0 saturated heterocycles. The maximum Gasteiger partial charge on any atom is 0.0454 e. The van der Waals surface area contributed by atoms with Gasteiger partial charge in [0.25, 0.3) is 0 Å². The van der Waals surface area contributed by atoms with Crippen molar-refractivity contribution < 1.29 is 0 Å². The Labute approximate surface area is 234 Å². The van der Waals surface area contributed by atoms with Crippen LogP contribution in [0.5, 0.6) is 0 Å². The van der Waals surface area contributed by atoms with Gasteiger partial charge in [0.2, 0.25) is 0 Å². The molecular weight excluding hydrogens is 480 g/mol. The topological polar surface area (TPSA) is 27.8 Å². The minimum Gasteiger partial charge on any atom is -0.385 e. The molecule has 0 fully saturated rings. The highest BCUT2D eigenvalue weighted by atomic mass is 32.2. The molecule has 2 N–H and O–H groups in total. The van der Waals surface area contributed by atoms with Crippen molar-refractivity contribution in [1.82, 2.24) is 10.3 Å². The molecule has 1 heterocycles. The highest BCUT2D eigenvalue weighted by molar-refractivity contribution is 7.99. The first-order valence-corrected chi connectivity index (χ1v) is 14.0. The van der Waals surface area contributed by atoms with E-state index in [1.54, 1.807) is 12.2 Å². The molecule has 0 aliphatic rings. The maximum absolute atomic E-state index is 4.25. The van der Waals surface area contributed by atoms with Crippen LogP contribution in [-0.4, -0.2) is 10.7 Å². The van der Waals surface area contributed by atoms with Crippen LogP contribution in [0.1, 0.15) is 42.2 Å². The standard InChI is InChI=1S/C27H28N2S.C4H8.C4H6/c1-21(29-20-23-12-13-26-25(18-23)14-16-28-26)15-17-30-27(24-10-6-3-7-11-24)19-22-8-4-2-5-9-22;1-4(2)3;1-3-4-2/h2-14,16,18,27-29H,1,15,17,19-20H2;1H2,2-3H3;3-4H,1-2H2. The van der Waals surface area contributed by atoms with Gasteiger partial charge < -0.3 is 10.3 Å². The van der Waals surface area contributed by atoms with Crippen LogP contribution in [0, 0.1) is 0 Å². The van der Waals surface area contributed by atoms with Crippen molar-refractivity contribution in [2.24, 2.45) is 0 Å². The number of thioether (sulfide) groups is 1. The number of hydrogen-bond acceptors (Lipinski definition) is 2. The Bertz CT molecular complexity index is 1240. The quantitative estimate of drug-likeness (QED) is 0.151. The highest BCUT2D eigenvalue weighted by Crippen LogP contribution is 2.33. The van der Waals surface area contributed by atoms with Crippen molar-refractivity contribution >= 4 is 22.7 Å². The number of aromatic nitrogens is 1. The molecule has 0 saturated carbocycles. The summed E-state index contributed by atoms with van der Waals surface area (Å²) in [6.45, 7) is 19.3. The SMILES string of the molecule is C=C(C)C.C=C(CCSC(Cc1ccccc1)c1ccccc1)NCc1ccc2[nH]ccc2c1.C=CC=C. The molecule has 0 aliphatic heterocycles. The van der Waals surface area contributed by atoms with Crippen molar-refractivity contribution in [1.29, 1.82) is 0 Å². The summed E-state index contributed by atoms with van der Waals surface area (Å²) in [6.07, 6.45) is 7.28. The number of hydrogen-bond donors (Lipinski definition) is 2. The van der Waals surface area contributed by atoms with E-state index in [1.165, 1.54) is 33.2 Å². The number of allylic oxidation sites excluding steroid dienone is 4. The molecular formula is C35H42N2S. The Kier molecular flexibility index (Phi) is 14.2. The van der Waals surface area contributed by atoms with Crippen LogP contribution < -0.4 is 5.32 Å². The second kappa shape index (κ2) is 17.7. The van der Waals surface area contributed by atoms with E-state index >= 15 is 0 Å². The third-order valence-electron chi connectivity index (χ3n) is 5.49. The van der Waals surface area contributed by atoms with Gasteiger partial charge in [0.15, 0.2) is 0 Å². The smallest absolute Gasteiger partial charge is 0.0454 e. The Morgan fingerprint density at radius 2 is 1.50 bits per heavy atom. The number of fused-ring (bicyclic) bond motifs is 1. The molecule has 2 nitrogen and oxygen atoms in total. The van der Waals surface area contributed by atoms with E-state index in [2.05, 4.69) is 122 Å². The van der Waals surface area contributed by atoms with Crippen LogP contribution in [0.4, 0.5) is 0 Å². The van der Waals surface area contributed by atoms with Crippen LogP contribution in [-0.2, 0) is 13.0 Å². The molecule has 0 bridgehead atoms. The van der Waals surface area contributed by atoms with Gasteiger partial charge >= 0.3 is 0 Å². The van der Waals surface area contributed by atoms with E-state index in [4.69, 9.17) is 0 Å². The van der Waals surface area contributed by atoms with Crippen molar-refractivity contribution in [2.75, 3.05) is 5.75 Å². The predicted molar refractivity (Wildman–Crippen MR) is 172 cm³/mol. The summed E-state index contributed by atoms with van der Waals surface area (Å²) in [4.78, 5) is 3.24. The molecule has 0 spiro atoms. The predicted octanol–water partition coefficient (Wildman–Crippen LogP) is 9.82. The van der Waals surface area contributed by atoms with E-state index in [0.717, 1.165) is 30.8 Å². The van der Waals surface area contributed by atoms with Crippen LogP contribution in [0.2, 0.25) is 0 Å². The van der Waals surface area contributed by atoms with Gasteiger partial charge in [-0.15, -0.1) is 6.58 Å². The minimum atomic E-state index is 0.456. The third kappa shape index (κ3) is 12.0. The molecule has 38 heavy (non-hydrogen) atoms. The van der Waals surface area contributed by atoms with Crippen molar-refractivity contribution in [3.8, 4) is 0 Å². The van der Waals surface area contributed by atoms with Gasteiger partial charge in [-0.3, -0.25) is 0 Å².